The van der Waals surface area contributed by atoms with Crippen LogP contribution in [0.4, 0.5) is 0 Å². The van der Waals surface area contributed by atoms with Crippen molar-refractivity contribution in [3.05, 3.63) is 29.5 Å². The smallest absolute Gasteiger partial charge is 0.316 e. The van der Waals surface area contributed by atoms with Gasteiger partial charge in [-0.15, -0.1) is 0 Å². The highest BCUT2D eigenvalue weighted by Gasteiger charge is 2.22. The van der Waals surface area contributed by atoms with Gasteiger partial charge < -0.3 is 9.84 Å². The molecule has 1 aliphatic carbocycles. The first-order chi connectivity index (χ1) is 12.6. The van der Waals surface area contributed by atoms with Gasteiger partial charge in [-0.3, -0.25) is 4.79 Å². The molecule has 3 heterocycles. The quantitative estimate of drug-likeness (QED) is 0.726. The van der Waals surface area contributed by atoms with Gasteiger partial charge in [-0.25, -0.2) is 9.50 Å². The summed E-state index contributed by atoms with van der Waals surface area (Å²) < 4.78 is 6.92. The van der Waals surface area contributed by atoms with Gasteiger partial charge >= 0.3 is 11.8 Å². The predicted molar refractivity (Wildman–Crippen MR) is 94.7 cm³/mol. The second-order valence-electron chi connectivity index (χ2n) is 6.92. The monoisotopic (exact) mass is 354 g/mol. The summed E-state index contributed by atoms with van der Waals surface area (Å²) in [6.07, 6.45) is 8.41. The topological polar surface area (TPSA) is 98.2 Å². The van der Waals surface area contributed by atoms with E-state index in [4.69, 9.17) is 4.52 Å². The van der Waals surface area contributed by atoms with E-state index in [-0.39, 0.29) is 17.8 Å². The average molecular weight is 354 g/mol. The maximum absolute atomic E-state index is 12.4. The molecule has 0 atom stereocenters. The SMILES string of the molecule is Cc1cc(C)n2ncc(-c3noc(C(=O)NC4CCCCCC4)n3)c2n1. The fourth-order valence-electron chi connectivity index (χ4n) is 3.52. The molecule has 3 aromatic rings. The van der Waals surface area contributed by atoms with Gasteiger partial charge in [0.1, 0.15) is 0 Å². The van der Waals surface area contributed by atoms with E-state index >= 15 is 0 Å². The average Bonchev–Trinajstić information content (AvgIpc) is 3.17. The molecule has 0 bridgehead atoms. The van der Waals surface area contributed by atoms with Crippen LogP contribution in [0.25, 0.3) is 17.0 Å². The van der Waals surface area contributed by atoms with Crippen LogP contribution in [0.1, 0.15) is 60.6 Å². The summed E-state index contributed by atoms with van der Waals surface area (Å²) in [6.45, 7) is 3.88. The van der Waals surface area contributed by atoms with Gasteiger partial charge in [-0.05, 0) is 32.8 Å². The highest BCUT2D eigenvalue weighted by Crippen LogP contribution is 2.22. The van der Waals surface area contributed by atoms with Crippen molar-refractivity contribution in [1.29, 1.82) is 0 Å². The Morgan fingerprint density at radius 1 is 1.19 bits per heavy atom. The lowest BCUT2D eigenvalue weighted by Gasteiger charge is -2.14. The normalized spacial score (nSPS) is 15.9. The van der Waals surface area contributed by atoms with Crippen LogP contribution < -0.4 is 5.32 Å². The third-order valence-corrected chi connectivity index (χ3v) is 4.83. The first-order valence-electron chi connectivity index (χ1n) is 9.09. The van der Waals surface area contributed by atoms with Crippen molar-refractivity contribution in [2.75, 3.05) is 0 Å². The number of fused-ring (bicyclic) bond motifs is 1. The number of hydrogen-bond donors (Lipinski definition) is 1. The molecule has 0 aliphatic heterocycles. The van der Waals surface area contributed by atoms with Gasteiger partial charge in [-0.2, -0.15) is 10.1 Å². The number of rotatable bonds is 3. The van der Waals surface area contributed by atoms with E-state index in [1.165, 1.54) is 12.8 Å². The van der Waals surface area contributed by atoms with Gasteiger partial charge in [0.15, 0.2) is 5.65 Å². The van der Waals surface area contributed by atoms with Gasteiger partial charge in [0.2, 0.25) is 5.82 Å². The molecular weight excluding hydrogens is 332 g/mol. The number of aryl methyl sites for hydroxylation is 2. The van der Waals surface area contributed by atoms with Crippen molar-refractivity contribution in [3.63, 3.8) is 0 Å². The summed E-state index contributed by atoms with van der Waals surface area (Å²) >= 11 is 0. The highest BCUT2D eigenvalue weighted by atomic mass is 16.5. The molecule has 0 saturated heterocycles. The molecule has 1 saturated carbocycles. The van der Waals surface area contributed by atoms with Crippen molar-refractivity contribution in [2.45, 2.75) is 58.4 Å². The zero-order valence-electron chi connectivity index (χ0n) is 15.0. The summed E-state index contributed by atoms with van der Waals surface area (Å²) in [4.78, 5) is 21.2. The summed E-state index contributed by atoms with van der Waals surface area (Å²) in [5, 5.41) is 11.3. The molecular formula is C18H22N6O2. The third-order valence-electron chi connectivity index (χ3n) is 4.83. The molecule has 136 valence electrons. The standard InChI is InChI=1S/C18H22N6O2/c1-11-9-12(2)24-16(20-11)14(10-19-24)15-22-18(26-23-15)17(25)21-13-7-5-3-4-6-8-13/h9-10,13H,3-8H2,1-2H3,(H,21,25). The van der Waals surface area contributed by atoms with E-state index in [1.54, 1.807) is 10.7 Å². The lowest BCUT2D eigenvalue weighted by Crippen LogP contribution is -2.34. The number of amides is 1. The van der Waals surface area contributed by atoms with E-state index in [1.807, 2.05) is 19.9 Å². The minimum Gasteiger partial charge on any atom is -0.345 e. The molecule has 1 amide bonds. The summed E-state index contributed by atoms with van der Waals surface area (Å²) in [6, 6.07) is 2.13. The molecule has 8 heteroatoms. The lowest BCUT2D eigenvalue weighted by atomic mass is 10.1. The Hall–Kier alpha value is -2.77. The minimum atomic E-state index is -0.313. The van der Waals surface area contributed by atoms with E-state index in [9.17, 15) is 4.79 Å². The second kappa shape index (κ2) is 6.86. The van der Waals surface area contributed by atoms with Crippen molar-refractivity contribution in [1.82, 2.24) is 30.1 Å². The Morgan fingerprint density at radius 2 is 1.96 bits per heavy atom. The summed E-state index contributed by atoms with van der Waals surface area (Å²) in [5.74, 6) is -0.0102. The zero-order valence-corrected chi connectivity index (χ0v) is 15.0. The second-order valence-corrected chi connectivity index (χ2v) is 6.92. The third kappa shape index (κ3) is 3.18. The first kappa shape index (κ1) is 16.7. The molecule has 0 radical (unpaired) electrons. The highest BCUT2D eigenvalue weighted by molar-refractivity contribution is 5.90. The van der Waals surface area contributed by atoms with Crippen molar-refractivity contribution in [2.24, 2.45) is 0 Å². The van der Waals surface area contributed by atoms with Crippen LogP contribution in [0.5, 0.6) is 0 Å². The number of hydrogen-bond acceptors (Lipinski definition) is 6. The van der Waals surface area contributed by atoms with Gasteiger partial charge in [-0.1, -0.05) is 30.8 Å². The number of carbonyl (C=O) groups excluding carboxylic acids is 1. The predicted octanol–water partition coefficient (Wildman–Crippen LogP) is 2.85. The van der Waals surface area contributed by atoms with Crippen LogP contribution in [-0.2, 0) is 0 Å². The lowest BCUT2D eigenvalue weighted by molar-refractivity contribution is 0.0889. The van der Waals surface area contributed by atoms with Crippen LogP contribution in [0, 0.1) is 13.8 Å². The summed E-state index contributed by atoms with van der Waals surface area (Å²) in [7, 11) is 0. The number of aromatic nitrogens is 5. The fraction of sp³-hybridized carbons (Fsp3) is 0.500. The zero-order chi connectivity index (χ0) is 18.1. The van der Waals surface area contributed by atoms with E-state index in [0.717, 1.165) is 37.1 Å². The van der Waals surface area contributed by atoms with Gasteiger partial charge in [0.05, 0.1) is 11.8 Å². The number of nitrogens with one attached hydrogen (secondary N) is 1. The molecule has 1 aliphatic rings. The Morgan fingerprint density at radius 3 is 2.73 bits per heavy atom. The van der Waals surface area contributed by atoms with Crippen molar-refractivity contribution in [3.8, 4) is 11.4 Å². The largest absolute Gasteiger partial charge is 0.345 e. The van der Waals surface area contributed by atoms with Gasteiger partial charge in [0, 0.05) is 17.4 Å². The molecule has 1 N–H and O–H groups in total. The molecule has 0 spiro atoms. The van der Waals surface area contributed by atoms with Crippen LogP contribution in [0.2, 0.25) is 0 Å². The van der Waals surface area contributed by atoms with Crippen LogP contribution in [0.3, 0.4) is 0 Å². The summed E-state index contributed by atoms with van der Waals surface area (Å²) in [5.41, 5.74) is 3.15. The Bertz CT molecular complexity index is 936. The Labute approximate surface area is 151 Å². The number of carbonyl (C=O) groups is 1. The Balaban J connectivity index is 1.57. The molecule has 26 heavy (non-hydrogen) atoms. The van der Waals surface area contributed by atoms with Gasteiger partial charge in [0.25, 0.3) is 0 Å². The molecule has 8 nitrogen and oxygen atoms in total. The van der Waals surface area contributed by atoms with E-state index in [2.05, 4.69) is 25.5 Å². The van der Waals surface area contributed by atoms with Crippen LogP contribution in [-0.4, -0.2) is 36.7 Å². The van der Waals surface area contributed by atoms with Crippen LogP contribution in [0.15, 0.2) is 16.8 Å². The first-order valence-corrected chi connectivity index (χ1v) is 9.09. The molecule has 0 unspecified atom stereocenters. The van der Waals surface area contributed by atoms with Crippen LogP contribution >= 0.6 is 0 Å². The van der Waals surface area contributed by atoms with Crippen molar-refractivity contribution < 1.29 is 9.32 Å². The minimum absolute atomic E-state index is 0.0204. The Kier molecular flexibility index (Phi) is 4.40. The number of nitrogens with zero attached hydrogens (tertiary/aromatic N) is 5. The van der Waals surface area contributed by atoms with Crippen molar-refractivity contribution >= 4 is 11.6 Å². The maximum atomic E-state index is 12.4. The fourth-order valence-corrected chi connectivity index (χ4v) is 3.52. The van der Waals surface area contributed by atoms with E-state index in [0.29, 0.717) is 17.0 Å². The van der Waals surface area contributed by atoms with E-state index < -0.39 is 0 Å². The molecule has 3 aromatic heterocycles. The molecule has 1 fully saturated rings. The molecule has 4 rings (SSSR count). The maximum Gasteiger partial charge on any atom is 0.316 e. The molecule has 0 aromatic carbocycles.